The first-order valence-electron chi connectivity index (χ1n) is 9.70. The van der Waals surface area contributed by atoms with Crippen LogP contribution in [0.4, 0.5) is 11.4 Å². The number of ether oxygens (including phenoxy) is 1. The van der Waals surface area contributed by atoms with Gasteiger partial charge in [0, 0.05) is 11.4 Å². The summed E-state index contributed by atoms with van der Waals surface area (Å²) < 4.78 is 28.2. The molecule has 2 aromatic rings. The topological polar surface area (TPSA) is 207 Å². The fourth-order valence-corrected chi connectivity index (χ4v) is 3.87. The highest BCUT2D eigenvalue weighted by Gasteiger charge is 2.47. The highest BCUT2D eigenvalue weighted by atomic mass is 32.2. The first kappa shape index (κ1) is 25.5. The Morgan fingerprint density at radius 3 is 2.32 bits per heavy atom. The maximum absolute atomic E-state index is 12.7. The lowest BCUT2D eigenvalue weighted by Gasteiger charge is -2.40. The number of nitrogens with zero attached hydrogens (tertiary/aromatic N) is 1. The second-order valence-electron chi connectivity index (χ2n) is 7.30. The van der Waals surface area contributed by atoms with Gasteiger partial charge in [-0.1, -0.05) is 6.07 Å². The Labute approximate surface area is 200 Å². The minimum absolute atomic E-state index is 0.0862. The molecule has 1 fully saturated rings. The van der Waals surface area contributed by atoms with E-state index in [1.54, 1.807) is 6.07 Å². The Morgan fingerprint density at radius 1 is 1.03 bits per heavy atom. The lowest BCUT2D eigenvalue weighted by molar-refractivity contribution is -0.221. The average Bonchev–Trinajstić information content (AvgIpc) is 2.79. The number of thiocarbonyl (C=S) groups is 1. The molecule has 0 aliphatic carbocycles. The van der Waals surface area contributed by atoms with Gasteiger partial charge in [-0.3, -0.25) is 4.79 Å². The Hall–Kier alpha value is -3.16. The number of primary sulfonamides is 1. The van der Waals surface area contributed by atoms with Crippen LogP contribution in [-0.4, -0.2) is 65.4 Å². The van der Waals surface area contributed by atoms with Gasteiger partial charge in [-0.05, 0) is 54.7 Å². The number of anilines is 2. The number of hydrogen-bond donors (Lipinski definition) is 7. The molecular weight excluding hydrogens is 486 g/mol. The number of sulfonamides is 1. The maximum Gasteiger partial charge on any atom is 0.256 e. The number of hydrogen-bond acceptors (Lipinski definition) is 9. The highest BCUT2D eigenvalue weighted by Crippen LogP contribution is 2.22. The standard InChI is InChI=1S/C20H21N5O7S2/c21-9-10-2-1-3-12(8-10)23-18(29)17-15(27)14(26)16(28)19(32-17)25-20(33)24-11-4-6-13(7-5-11)34(22,30)31/h1-8,14-17,19,26-28H,(H,23,29)(H2,22,30,31)(H2,24,25,33)/t14-,15-,16+,17-,19+/m0/s1. The molecule has 8 N–H and O–H groups in total. The number of nitriles is 1. The summed E-state index contributed by atoms with van der Waals surface area (Å²) in [5.74, 6) is -0.821. The number of nitrogens with one attached hydrogen (secondary N) is 3. The Bertz CT molecular complexity index is 1220. The van der Waals surface area contributed by atoms with Crippen LogP contribution >= 0.6 is 12.2 Å². The van der Waals surface area contributed by atoms with Crippen LogP contribution in [-0.2, 0) is 19.6 Å². The van der Waals surface area contributed by atoms with E-state index in [-0.39, 0.29) is 15.7 Å². The summed E-state index contributed by atoms with van der Waals surface area (Å²) in [6.45, 7) is 0. The molecule has 180 valence electrons. The van der Waals surface area contributed by atoms with Crippen molar-refractivity contribution in [2.75, 3.05) is 10.6 Å². The fourth-order valence-electron chi connectivity index (χ4n) is 3.12. The lowest BCUT2D eigenvalue weighted by atomic mass is 9.97. The smallest absolute Gasteiger partial charge is 0.256 e. The lowest BCUT2D eigenvalue weighted by Crippen LogP contribution is -2.65. The van der Waals surface area contributed by atoms with Crippen molar-refractivity contribution < 1.29 is 33.3 Å². The number of carbonyl (C=O) groups excluding carboxylic acids is 1. The van der Waals surface area contributed by atoms with Gasteiger partial charge in [-0.15, -0.1) is 0 Å². The van der Waals surface area contributed by atoms with Crippen molar-refractivity contribution in [1.82, 2.24) is 5.32 Å². The summed E-state index contributed by atoms with van der Waals surface area (Å²) in [6.07, 6.45) is -8.11. The van der Waals surface area contributed by atoms with E-state index in [0.29, 0.717) is 11.3 Å². The molecule has 3 rings (SSSR count). The zero-order valence-electron chi connectivity index (χ0n) is 17.3. The van der Waals surface area contributed by atoms with Crippen LogP contribution in [0.5, 0.6) is 0 Å². The van der Waals surface area contributed by atoms with Gasteiger partial charge < -0.3 is 36.0 Å². The Morgan fingerprint density at radius 2 is 1.71 bits per heavy atom. The van der Waals surface area contributed by atoms with Gasteiger partial charge in [0.05, 0.1) is 16.5 Å². The van der Waals surface area contributed by atoms with Crippen molar-refractivity contribution >= 4 is 44.6 Å². The zero-order chi connectivity index (χ0) is 25.0. The van der Waals surface area contributed by atoms with Gasteiger partial charge in [-0.25, -0.2) is 13.6 Å². The van der Waals surface area contributed by atoms with Crippen molar-refractivity contribution in [2.24, 2.45) is 5.14 Å². The van der Waals surface area contributed by atoms with Crippen LogP contribution in [0.15, 0.2) is 53.4 Å². The molecule has 0 radical (unpaired) electrons. The third-order valence-corrected chi connectivity index (χ3v) is 5.99. The van der Waals surface area contributed by atoms with E-state index < -0.39 is 46.6 Å². The first-order valence-corrected chi connectivity index (χ1v) is 11.7. The number of rotatable bonds is 5. The van der Waals surface area contributed by atoms with Crippen LogP contribution in [0, 0.1) is 11.3 Å². The average molecular weight is 508 g/mol. The zero-order valence-corrected chi connectivity index (χ0v) is 19.0. The summed E-state index contributed by atoms with van der Waals surface area (Å²) in [7, 11) is -3.86. The SMILES string of the molecule is N#Cc1cccc(NC(=O)[C@H]2O[C@@H](NC(=S)Nc3ccc(S(N)(=O)=O)cc3)[C@H](O)[C@@H](O)[C@@H]2O)c1. The molecule has 0 spiro atoms. The molecule has 0 aromatic heterocycles. The van der Waals surface area contributed by atoms with E-state index in [4.69, 9.17) is 27.4 Å². The van der Waals surface area contributed by atoms with Gasteiger partial charge in [-0.2, -0.15) is 5.26 Å². The number of carbonyl (C=O) groups is 1. The summed E-state index contributed by atoms with van der Waals surface area (Å²) >= 11 is 5.15. The fraction of sp³-hybridized carbons (Fsp3) is 0.250. The molecule has 1 amide bonds. The van der Waals surface area contributed by atoms with Crippen LogP contribution in [0.1, 0.15) is 5.56 Å². The van der Waals surface area contributed by atoms with Gasteiger partial charge in [0.25, 0.3) is 5.91 Å². The minimum atomic E-state index is -3.86. The molecule has 1 aliphatic heterocycles. The predicted octanol–water partition coefficient (Wildman–Crippen LogP) is -1.06. The van der Waals surface area contributed by atoms with Gasteiger partial charge in [0.1, 0.15) is 18.3 Å². The monoisotopic (exact) mass is 507 g/mol. The Kier molecular flexibility index (Phi) is 7.79. The minimum Gasteiger partial charge on any atom is -0.387 e. The third-order valence-electron chi connectivity index (χ3n) is 4.85. The molecule has 12 nitrogen and oxygen atoms in total. The summed E-state index contributed by atoms with van der Waals surface area (Å²) in [4.78, 5) is 12.6. The quantitative estimate of drug-likeness (QED) is 0.243. The van der Waals surface area contributed by atoms with E-state index in [0.717, 1.165) is 0 Å². The van der Waals surface area contributed by atoms with Crippen LogP contribution in [0.3, 0.4) is 0 Å². The van der Waals surface area contributed by atoms with E-state index in [1.807, 2.05) is 6.07 Å². The Balaban J connectivity index is 1.67. The van der Waals surface area contributed by atoms with Crippen molar-refractivity contribution in [3.63, 3.8) is 0 Å². The van der Waals surface area contributed by atoms with Crippen molar-refractivity contribution in [1.29, 1.82) is 5.26 Å². The number of amides is 1. The normalized spacial score (nSPS) is 24.5. The molecule has 5 atom stereocenters. The second kappa shape index (κ2) is 10.4. The molecular formula is C20H21N5O7S2. The molecule has 34 heavy (non-hydrogen) atoms. The molecule has 0 unspecified atom stereocenters. The van der Waals surface area contributed by atoms with E-state index in [1.165, 1.54) is 42.5 Å². The van der Waals surface area contributed by atoms with Crippen LogP contribution in [0.2, 0.25) is 0 Å². The molecule has 0 bridgehead atoms. The van der Waals surface area contributed by atoms with Gasteiger partial charge >= 0.3 is 0 Å². The molecule has 0 saturated carbocycles. The van der Waals surface area contributed by atoms with Crippen LogP contribution < -0.4 is 21.1 Å². The van der Waals surface area contributed by atoms with Crippen molar-refractivity contribution in [2.45, 2.75) is 35.5 Å². The summed E-state index contributed by atoms with van der Waals surface area (Å²) in [6, 6.07) is 13.3. The molecule has 1 saturated heterocycles. The first-order chi connectivity index (χ1) is 16.0. The highest BCUT2D eigenvalue weighted by molar-refractivity contribution is 7.89. The van der Waals surface area contributed by atoms with Crippen LogP contribution in [0.25, 0.3) is 0 Å². The van der Waals surface area contributed by atoms with Crippen molar-refractivity contribution in [3.05, 3.63) is 54.1 Å². The van der Waals surface area contributed by atoms with Crippen molar-refractivity contribution in [3.8, 4) is 6.07 Å². The summed E-state index contributed by atoms with van der Waals surface area (Å²) in [5.41, 5.74) is 0.943. The van der Waals surface area contributed by atoms with E-state index in [9.17, 15) is 28.5 Å². The summed E-state index contributed by atoms with van der Waals surface area (Å²) in [5, 5.41) is 52.5. The second-order valence-corrected chi connectivity index (χ2v) is 9.27. The molecule has 1 aliphatic rings. The number of aliphatic hydroxyl groups excluding tert-OH is 3. The van der Waals surface area contributed by atoms with Gasteiger partial charge in [0.2, 0.25) is 10.0 Å². The molecule has 1 heterocycles. The predicted molar refractivity (Wildman–Crippen MR) is 124 cm³/mol. The molecule has 2 aromatic carbocycles. The number of aliphatic hydroxyl groups is 3. The third kappa shape index (κ3) is 6.04. The molecule has 14 heteroatoms. The largest absolute Gasteiger partial charge is 0.387 e. The maximum atomic E-state index is 12.7. The number of nitrogens with two attached hydrogens (primary N) is 1. The number of benzene rings is 2. The van der Waals surface area contributed by atoms with E-state index >= 15 is 0 Å². The van der Waals surface area contributed by atoms with E-state index in [2.05, 4.69) is 16.0 Å². The van der Waals surface area contributed by atoms with Gasteiger partial charge in [0.15, 0.2) is 17.4 Å².